The van der Waals surface area contributed by atoms with E-state index < -0.39 is 5.60 Å². The van der Waals surface area contributed by atoms with Crippen LogP contribution in [0.5, 0.6) is 0 Å². The first-order chi connectivity index (χ1) is 13.9. The van der Waals surface area contributed by atoms with Crippen LogP contribution in [0.3, 0.4) is 0 Å². The molecule has 4 heteroatoms. The van der Waals surface area contributed by atoms with Crippen molar-refractivity contribution in [2.24, 2.45) is 0 Å². The molecule has 0 unspecified atom stereocenters. The van der Waals surface area contributed by atoms with Crippen LogP contribution in [0.15, 0.2) is 0 Å². The predicted molar refractivity (Wildman–Crippen MR) is 126 cm³/mol. The highest BCUT2D eigenvalue weighted by molar-refractivity contribution is 5.75. The number of nitrogens with one attached hydrogen (secondary N) is 1. The minimum atomic E-state index is -0.795. The topological polar surface area (TPSA) is 52.6 Å². The molecule has 0 heterocycles. The Bertz CT molecular complexity index is 366. The summed E-state index contributed by atoms with van der Waals surface area (Å²) in [7, 11) is 0. The molecule has 0 atom stereocenters. The fourth-order valence-corrected chi connectivity index (χ4v) is 3.80. The lowest BCUT2D eigenvalue weighted by Crippen LogP contribution is -2.49. The van der Waals surface area contributed by atoms with E-state index in [1.165, 1.54) is 83.5 Å². The van der Waals surface area contributed by atoms with Crippen molar-refractivity contribution in [3.63, 3.8) is 0 Å². The van der Waals surface area contributed by atoms with Crippen molar-refractivity contribution in [1.82, 2.24) is 10.4 Å². The van der Waals surface area contributed by atoms with Gasteiger partial charge in [-0.05, 0) is 26.7 Å². The molecule has 0 fully saturated rings. The molecule has 174 valence electrons. The van der Waals surface area contributed by atoms with E-state index in [0.717, 1.165) is 25.8 Å². The number of unbranched alkanes of at least 4 members (excludes halogenated alkanes) is 14. The van der Waals surface area contributed by atoms with Gasteiger partial charge in [0.1, 0.15) is 0 Å². The summed E-state index contributed by atoms with van der Waals surface area (Å²) in [6, 6.07) is 0. The fourth-order valence-electron chi connectivity index (χ4n) is 3.80. The molecular weight excluding hydrogens is 360 g/mol. The first-order valence-electron chi connectivity index (χ1n) is 12.7. The summed E-state index contributed by atoms with van der Waals surface area (Å²) >= 11 is 0. The van der Waals surface area contributed by atoms with Crippen LogP contribution in [0.2, 0.25) is 0 Å². The predicted octanol–water partition coefficient (Wildman–Crippen LogP) is 6.76. The molecule has 0 saturated heterocycles. The molecule has 0 aliphatic carbocycles. The molecular formula is C25H52N2O2. The quantitative estimate of drug-likeness (QED) is 0.162. The molecule has 2 N–H and O–H groups in total. The van der Waals surface area contributed by atoms with Crippen molar-refractivity contribution >= 4 is 5.91 Å². The number of amides is 1. The molecule has 0 aromatic carbocycles. The summed E-state index contributed by atoms with van der Waals surface area (Å²) < 4.78 is 0. The number of carbonyl (C=O) groups is 1. The van der Waals surface area contributed by atoms with Crippen molar-refractivity contribution in [3.05, 3.63) is 0 Å². The van der Waals surface area contributed by atoms with E-state index in [1.807, 2.05) is 5.01 Å². The number of aliphatic hydroxyl groups is 1. The number of hydrogen-bond acceptors (Lipinski definition) is 3. The van der Waals surface area contributed by atoms with Crippen LogP contribution < -0.4 is 5.43 Å². The van der Waals surface area contributed by atoms with Crippen LogP contribution in [0.1, 0.15) is 137 Å². The zero-order valence-electron chi connectivity index (χ0n) is 20.2. The zero-order valence-corrected chi connectivity index (χ0v) is 20.2. The van der Waals surface area contributed by atoms with Crippen LogP contribution >= 0.6 is 0 Å². The van der Waals surface area contributed by atoms with Gasteiger partial charge in [-0.2, -0.15) is 0 Å². The Kier molecular flexibility index (Phi) is 19.0. The molecule has 4 nitrogen and oxygen atoms in total. The van der Waals surface area contributed by atoms with E-state index in [1.54, 1.807) is 13.8 Å². The van der Waals surface area contributed by atoms with E-state index in [-0.39, 0.29) is 5.91 Å². The van der Waals surface area contributed by atoms with Crippen LogP contribution in [0.4, 0.5) is 0 Å². The van der Waals surface area contributed by atoms with Crippen LogP contribution in [0, 0.1) is 0 Å². The van der Waals surface area contributed by atoms with Crippen molar-refractivity contribution in [1.29, 1.82) is 0 Å². The molecule has 0 spiro atoms. The number of carbonyl (C=O) groups excluding carboxylic acids is 1. The zero-order chi connectivity index (χ0) is 21.8. The van der Waals surface area contributed by atoms with Crippen LogP contribution in [-0.2, 0) is 4.79 Å². The molecule has 0 aromatic heterocycles. The van der Waals surface area contributed by atoms with Gasteiger partial charge in [-0.1, -0.05) is 104 Å². The highest BCUT2D eigenvalue weighted by Crippen LogP contribution is 2.13. The lowest BCUT2D eigenvalue weighted by atomic mass is 10.0. The second-order valence-corrected chi connectivity index (χ2v) is 9.47. The maximum absolute atomic E-state index is 12.1. The van der Waals surface area contributed by atoms with Gasteiger partial charge in [-0.15, -0.1) is 0 Å². The normalized spacial score (nSPS) is 11.9. The van der Waals surface area contributed by atoms with Gasteiger partial charge in [0.2, 0.25) is 5.91 Å². The standard InChI is InChI=1S/C25H52N2O2/c1-5-7-8-9-10-11-12-13-14-15-16-17-18-19-20-21-24(28)26-27(22-6-2)23-25(3,4)29/h29H,5-23H2,1-4H3,(H,26,28). The summed E-state index contributed by atoms with van der Waals surface area (Å²) in [5, 5.41) is 11.8. The first kappa shape index (κ1) is 28.4. The highest BCUT2D eigenvalue weighted by atomic mass is 16.3. The van der Waals surface area contributed by atoms with Gasteiger partial charge in [-0.3, -0.25) is 10.2 Å². The Hall–Kier alpha value is -0.610. The smallest absolute Gasteiger partial charge is 0.234 e. The fraction of sp³-hybridized carbons (Fsp3) is 0.960. The number of hydrogen-bond donors (Lipinski definition) is 2. The van der Waals surface area contributed by atoms with Gasteiger partial charge < -0.3 is 5.11 Å². The number of rotatable bonds is 21. The Labute approximate surface area is 182 Å². The second-order valence-electron chi connectivity index (χ2n) is 9.47. The third-order valence-electron chi connectivity index (χ3n) is 5.36. The van der Waals surface area contributed by atoms with Gasteiger partial charge in [0.25, 0.3) is 0 Å². The van der Waals surface area contributed by atoms with Crippen LogP contribution in [0.25, 0.3) is 0 Å². The molecule has 0 aliphatic heterocycles. The minimum Gasteiger partial charge on any atom is -0.389 e. The molecule has 1 amide bonds. The molecule has 0 saturated carbocycles. The summed E-state index contributed by atoms with van der Waals surface area (Å²) in [6.07, 6.45) is 21.6. The van der Waals surface area contributed by atoms with E-state index in [4.69, 9.17) is 0 Å². The number of hydrazine groups is 1. The van der Waals surface area contributed by atoms with E-state index in [0.29, 0.717) is 13.0 Å². The highest BCUT2D eigenvalue weighted by Gasteiger charge is 2.19. The third kappa shape index (κ3) is 21.9. The average Bonchev–Trinajstić information content (AvgIpc) is 2.63. The Balaban J connectivity index is 3.45. The monoisotopic (exact) mass is 412 g/mol. The van der Waals surface area contributed by atoms with Gasteiger partial charge in [-0.25, -0.2) is 5.01 Å². The lowest BCUT2D eigenvalue weighted by molar-refractivity contribution is -0.127. The van der Waals surface area contributed by atoms with E-state index in [9.17, 15) is 9.90 Å². The maximum atomic E-state index is 12.1. The van der Waals surface area contributed by atoms with Gasteiger partial charge >= 0.3 is 0 Å². The van der Waals surface area contributed by atoms with Crippen molar-refractivity contribution in [3.8, 4) is 0 Å². The van der Waals surface area contributed by atoms with Gasteiger partial charge in [0.15, 0.2) is 0 Å². The average molecular weight is 413 g/mol. The van der Waals surface area contributed by atoms with E-state index in [2.05, 4.69) is 19.3 Å². The van der Waals surface area contributed by atoms with E-state index >= 15 is 0 Å². The number of nitrogens with zero attached hydrogens (tertiary/aromatic N) is 1. The van der Waals surface area contributed by atoms with Crippen molar-refractivity contribution in [2.45, 2.75) is 142 Å². The van der Waals surface area contributed by atoms with Gasteiger partial charge in [0.05, 0.1) is 5.60 Å². The summed E-state index contributed by atoms with van der Waals surface area (Å²) in [5.41, 5.74) is 2.16. The summed E-state index contributed by atoms with van der Waals surface area (Å²) in [4.78, 5) is 12.1. The molecule has 29 heavy (non-hydrogen) atoms. The maximum Gasteiger partial charge on any atom is 0.234 e. The largest absolute Gasteiger partial charge is 0.389 e. The Morgan fingerprint density at radius 1 is 0.724 bits per heavy atom. The summed E-state index contributed by atoms with van der Waals surface area (Å²) in [6.45, 7) is 9.14. The van der Waals surface area contributed by atoms with Gasteiger partial charge in [0, 0.05) is 19.5 Å². The molecule has 0 rings (SSSR count). The molecule has 0 radical (unpaired) electrons. The first-order valence-corrected chi connectivity index (χ1v) is 12.7. The minimum absolute atomic E-state index is 0.0809. The molecule has 0 aliphatic rings. The molecule has 0 bridgehead atoms. The third-order valence-corrected chi connectivity index (χ3v) is 5.36. The SMILES string of the molecule is CCCCCCCCCCCCCCCCCC(=O)NN(CCC)CC(C)(C)O. The lowest BCUT2D eigenvalue weighted by Gasteiger charge is -2.29. The Morgan fingerprint density at radius 2 is 1.14 bits per heavy atom. The second kappa shape index (κ2) is 19.4. The van der Waals surface area contributed by atoms with Crippen molar-refractivity contribution in [2.75, 3.05) is 13.1 Å². The molecule has 0 aromatic rings. The van der Waals surface area contributed by atoms with Crippen LogP contribution in [-0.4, -0.2) is 34.7 Å². The van der Waals surface area contributed by atoms with Crippen molar-refractivity contribution < 1.29 is 9.90 Å². The Morgan fingerprint density at radius 3 is 1.52 bits per heavy atom. The summed E-state index contributed by atoms with van der Waals surface area (Å²) in [5.74, 6) is 0.0809.